The van der Waals surface area contributed by atoms with Gasteiger partial charge >= 0.3 is 0 Å². The zero-order valence-corrected chi connectivity index (χ0v) is 13.8. The zero-order valence-electron chi connectivity index (χ0n) is 13.8. The Morgan fingerprint density at radius 2 is 1.74 bits per heavy atom. The van der Waals surface area contributed by atoms with Crippen LogP contribution in [-0.4, -0.2) is 24.1 Å². The average molecular weight is 307 g/mol. The molecule has 3 aromatic rings. The monoisotopic (exact) mass is 307 g/mol. The van der Waals surface area contributed by atoms with Crippen molar-refractivity contribution in [2.45, 2.75) is 19.8 Å². The first-order valence-electron chi connectivity index (χ1n) is 7.86. The minimum atomic E-state index is 0.848. The second-order valence-electron chi connectivity index (χ2n) is 5.49. The largest absolute Gasteiger partial charge is 0.497 e. The van der Waals surface area contributed by atoms with Crippen LogP contribution in [0.15, 0.2) is 48.5 Å². The number of rotatable bonds is 5. The van der Waals surface area contributed by atoms with Crippen LogP contribution in [0.1, 0.15) is 19.2 Å². The molecule has 0 atom stereocenters. The molecule has 1 heterocycles. The minimum Gasteiger partial charge on any atom is -0.497 e. The van der Waals surface area contributed by atoms with Crippen LogP contribution in [0.5, 0.6) is 5.75 Å². The average Bonchev–Trinajstić information content (AvgIpc) is 2.61. The molecule has 23 heavy (non-hydrogen) atoms. The molecule has 0 amide bonds. The van der Waals surface area contributed by atoms with Crippen LogP contribution >= 0.6 is 0 Å². The number of fused-ring (bicyclic) bond motifs is 1. The number of benzene rings is 2. The van der Waals surface area contributed by atoms with E-state index in [1.165, 1.54) is 0 Å². The molecule has 0 unspecified atom stereocenters. The van der Waals surface area contributed by atoms with E-state index in [4.69, 9.17) is 9.72 Å². The normalized spacial score (nSPS) is 10.7. The number of ether oxygens (including phenoxy) is 1. The lowest BCUT2D eigenvalue weighted by Gasteiger charge is -2.21. The van der Waals surface area contributed by atoms with Crippen molar-refractivity contribution < 1.29 is 4.74 Å². The van der Waals surface area contributed by atoms with Crippen molar-refractivity contribution in [3.05, 3.63) is 54.4 Å². The van der Waals surface area contributed by atoms with Gasteiger partial charge < -0.3 is 9.64 Å². The lowest BCUT2D eigenvalue weighted by molar-refractivity contribution is 0.415. The van der Waals surface area contributed by atoms with Gasteiger partial charge in [-0.3, -0.25) is 0 Å². The first kappa shape index (κ1) is 15.3. The van der Waals surface area contributed by atoms with Gasteiger partial charge in [0.2, 0.25) is 0 Å². The molecule has 3 rings (SSSR count). The summed E-state index contributed by atoms with van der Waals surface area (Å²) in [7, 11) is 3.71. The van der Waals surface area contributed by atoms with Crippen LogP contribution in [0, 0.1) is 0 Å². The zero-order chi connectivity index (χ0) is 16.2. The third kappa shape index (κ3) is 3.11. The molecule has 4 heteroatoms. The summed E-state index contributed by atoms with van der Waals surface area (Å²) in [4.78, 5) is 11.6. The van der Waals surface area contributed by atoms with E-state index in [1.54, 1.807) is 7.11 Å². The highest BCUT2D eigenvalue weighted by Gasteiger charge is 2.12. The van der Waals surface area contributed by atoms with Gasteiger partial charge in [-0.15, -0.1) is 0 Å². The van der Waals surface area contributed by atoms with Gasteiger partial charge in [0, 0.05) is 24.5 Å². The summed E-state index contributed by atoms with van der Waals surface area (Å²) in [5.74, 6) is 2.67. The van der Waals surface area contributed by atoms with Gasteiger partial charge in [-0.1, -0.05) is 19.1 Å². The summed E-state index contributed by atoms with van der Waals surface area (Å²) in [5, 5.41) is 1.06. The van der Waals surface area contributed by atoms with E-state index >= 15 is 0 Å². The Hall–Kier alpha value is -2.62. The van der Waals surface area contributed by atoms with Crippen LogP contribution in [-0.2, 0) is 6.42 Å². The summed E-state index contributed by atoms with van der Waals surface area (Å²) >= 11 is 0. The Morgan fingerprint density at radius 3 is 2.43 bits per heavy atom. The fraction of sp³-hybridized carbons (Fsp3) is 0.263. The van der Waals surface area contributed by atoms with Gasteiger partial charge in [0.15, 0.2) is 0 Å². The molecule has 2 aromatic carbocycles. The molecule has 0 radical (unpaired) electrons. The molecule has 0 aliphatic rings. The maximum absolute atomic E-state index is 5.23. The molecule has 0 saturated carbocycles. The van der Waals surface area contributed by atoms with E-state index in [1.807, 2.05) is 49.5 Å². The van der Waals surface area contributed by atoms with Crippen molar-refractivity contribution in [2.24, 2.45) is 0 Å². The summed E-state index contributed by atoms with van der Waals surface area (Å²) in [6.45, 7) is 2.14. The van der Waals surface area contributed by atoms with Crippen molar-refractivity contribution in [1.29, 1.82) is 0 Å². The molecule has 0 aliphatic heterocycles. The van der Waals surface area contributed by atoms with Gasteiger partial charge in [-0.2, -0.15) is 0 Å². The highest BCUT2D eigenvalue weighted by molar-refractivity contribution is 5.91. The fourth-order valence-corrected chi connectivity index (χ4v) is 2.63. The van der Waals surface area contributed by atoms with E-state index < -0.39 is 0 Å². The number of hydrogen-bond acceptors (Lipinski definition) is 4. The lowest BCUT2D eigenvalue weighted by atomic mass is 10.2. The van der Waals surface area contributed by atoms with E-state index in [9.17, 15) is 0 Å². The Morgan fingerprint density at radius 1 is 1.00 bits per heavy atom. The number of anilines is 2. The summed E-state index contributed by atoms with van der Waals surface area (Å²) < 4.78 is 5.23. The first-order chi connectivity index (χ1) is 11.2. The molecule has 0 bridgehead atoms. The Labute approximate surface area is 136 Å². The van der Waals surface area contributed by atoms with Crippen LogP contribution in [0.2, 0.25) is 0 Å². The quantitative estimate of drug-likeness (QED) is 0.702. The number of aromatic nitrogens is 2. The molecular formula is C19H21N3O. The Balaban J connectivity index is 2.08. The minimum absolute atomic E-state index is 0.848. The van der Waals surface area contributed by atoms with Crippen LogP contribution < -0.4 is 9.64 Å². The van der Waals surface area contributed by atoms with Crippen molar-refractivity contribution in [1.82, 2.24) is 9.97 Å². The topological polar surface area (TPSA) is 38.2 Å². The molecule has 0 spiro atoms. The van der Waals surface area contributed by atoms with E-state index in [0.717, 1.165) is 46.8 Å². The van der Waals surface area contributed by atoms with Gasteiger partial charge in [-0.25, -0.2) is 9.97 Å². The maximum Gasteiger partial charge on any atom is 0.144 e. The molecular weight excluding hydrogens is 286 g/mol. The Bertz CT molecular complexity index is 799. The van der Waals surface area contributed by atoms with Crippen LogP contribution in [0.4, 0.5) is 11.5 Å². The number of hydrogen-bond donors (Lipinski definition) is 0. The van der Waals surface area contributed by atoms with Gasteiger partial charge in [0.05, 0.1) is 12.6 Å². The summed E-state index contributed by atoms with van der Waals surface area (Å²) in [6.07, 6.45) is 1.91. The number of para-hydroxylation sites is 1. The third-order valence-electron chi connectivity index (χ3n) is 3.88. The van der Waals surface area contributed by atoms with E-state index in [0.29, 0.717) is 0 Å². The summed E-state index contributed by atoms with van der Waals surface area (Å²) in [6, 6.07) is 16.1. The molecule has 4 nitrogen and oxygen atoms in total. The standard InChI is InChI=1S/C19H21N3O/c1-4-7-18-20-17-9-6-5-8-16(17)19(21-18)22(2)14-10-12-15(23-3)13-11-14/h5-6,8-13H,4,7H2,1-3H3. The molecule has 0 saturated heterocycles. The molecule has 118 valence electrons. The van der Waals surface area contributed by atoms with Crippen molar-refractivity contribution in [2.75, 3.05) is 19.1 Å². The predicted octanol–water partition coefficient (Wildman–Crippen LogP) is 4.36. The first-order valence-corrected chi connectivity index (χ1v) is 7.86. The molecule has 0 N–H and O–H groups in total. The smallest absolute Gasteiger partial charge is 0.144 e. The molecule has 1 aromatic heterocycles. The second kappa shape index (κ2) is 6.65. The van der Waals surface area contributed by atoms with E-state index in [-0.39, 0.29) is 0 Å². The molecule has 0 fully saturated rings. The highest BCUT2D eigenvalue weighted by Crippen LogP contribution is 2.29. The van der Waals surface area contributed by atoms with Gasteiger partial charge in [0.25, 0.3) is 0 Å². The fourth-order valence-electron chi connectivity index (χ4n) is 2.63. The number of aryl methyl sites for hydroxylation is 1. The highest BCUT2D eigenvalue weighted by atomic mass is 16.5. The van der Waals surface area contributed by atoms with Gasteiger partial charge in [0.1, 0.15) is 17.4 Å². The van der Waals surface area contributed by atoms with Crippen molar-refractivity contribution in [3.8, 4) is 5.75 Å². The lowest BCUT2D eigenvalue weighted by Crippen LogP contribution is -2.13. The predicted molar refractivity (Wildman–Crippen MR) is 94.6 cm³/mol. The van der Waals surface area contributed by atoms with Gasteiger partial charge in [-0.05, 0) is 42.8 Å². The van der Waals surface area contributed by atoms with Crippen molar-refractivity contribution in [3.63, 3.8) is 0 Å². The Kier molecular flexibility index (Phi) is 4.42. The summed E-state index contributed by atoms with van der Waals surface area (Å²) in [5.41, 5.74) is 2.05. The number of methoxy groups -OCH3 is 1. The van der Waals surface area contributed by atoms with Crippen LogP contribution in [0.25, 0.3) is 10.9 Å². The second-order valence-corrected chi connectivity index (χ2v) is 5.49. The van der Waals surface area contributed by atoms with Crippen molar-refractivity contribution >= 4 is 22.4 Å². The number of nitrogens with zero attached hydrogens (tertiary/aromatic N) is 3. The SMILES string of the molecule is CCCc1nc(N(C)c2ccc(OC)cc2)c2ccccc2n1. The maximum atomic E-state index is 5.23. The third-order valence-corrected chi connectivity index (χ3v) is 3.88. The molecule has 0 aliphatic carbocycles. The van der Waals surface area contributed by atoms with E-state index in [2.05, 4.69) is 22.9 Å². The van der Waals surface area contributed by atoms with Crippen LogP contribution in [0.3, 0.4) is 0 Å².